The second kappa shape index (κ2) is 9.08. The molecular formula is C26H33N7. The van der Waals surface area contributed by atoms with Crippen LogP contribution in [0.1, 0.15) is 26.3 Å². The van der Waals surface area contributed by atoms with E-state index in [-0.39, 0.29) is 0 Å². The van der Waals surface area contributed by atoms with Crippen LogP contribution in [0.25, 0.3) is 22.3 Å². The summed E-state index contributed by atoms with van der Waals surface area (Å²) >= 11 is 0. The molecule has 33 heavy (non-hydrogen) atoms. The van der Waals surface area contributed by atoms with Gasteiger partial charge >= 0.3 is 0 Å². The zero-order valence-electron chi connectivity index (χ0n) is 19.8. The molecule has 1 atom stereocenters. The van der Waals surface area contributed by atoms with E-state index in [4.69, 9.17) is 10.7 Å². The minimum Gasteiger partial charge on any atom is -0.387 e. The van der Waals surface area contributed by atoms with Crippen LogP contribution in [0.4, 0.5) is 11.4 Å². The standard InChI is InChI=1S/C24H27N7.C2H6/c1-15-12-30(7-6-26-15)19-13-31(14-19)18-10-23-21(27-11-18)5-4-20(28-23)16-2-3-17-9-24(25)29-22(17)8-16;1-2/h2-5,8,10-11,15,19,26H,6-7,9,12-14H2,1H3,(H2,25,29);1-2H3. The van der Waals surface area contributed by atoms with Gasteiger partial charge < -0.3 is 16.0 Å². The first-order valence-electron chi connectivity index (χ1n) is 12.1. The third-order valence-corrected chi connectivity index (χ3v) is 6.68. The van der Waals surface area contributed by atoms with Crippen molar-refractivity contribution in [3.63, 3.8) is 0 Å². The molecule has 3 aliphatic rings. The second-order valence-electron chi connectivity index (χ2n) is 8.96. The summed E-state index contributed by atoms with van der Waals surface area (Å²) < 4.78 is 0. The van der Waals surface area contributed by atoms with Gasteiger partial charge in [0, 0.05) is 56.8 Å². The largest absolute Gasteiger partial charge is 0.387 e. The number of fused-ring (bicyclic) bond motifs is 2. The lowest BCUT2D eigenvalue weighted by atomic mass is 10.0. The van der Waals surface area contributed by atoms with Crippen LogP contribution in [0.5, 0.6) is 0 Å². The minimum atomic E-state index is 0.578. The Balaban J connectivity index is 0.00000111. The number of nitrogens with zero attached hydrogens (tertiary/aromatic N) is 5. The third kappa shape index (κ3) is 4.30. The van der Waals surface area contributed by atoms with Gasteiger partial charge in [-0.3, -0.25) is 9.88 Å². The van der Waals surface area contributed by atoms with E-state index in [1.165, 1.54) is 5.56 Å². The zero-order valence-corrected chi connectivity index (χ0v) is 19.8. The van der Waals surface area contributed by atoms with Gasteiger partial charge in [-0.25, -0.2) is 9.98 Å². The van der Waals surface area contributed by atoms with Crippen molar-refractivity contribution in [3.05, 3.63) is 48.2 Å². The molecule has 3 aromatic rings. The number of piperazine rings is 1. The molecule has 1 aromatic carbocycles. The van der Waals surface area contributed by atoms with E-state index < -0.39 is 0 Å². The number of nitrogens with two attached hydrogens (primary N) is 1. The first-order valence-corrected chi connectivity index (χ1v) is 12.1. The van der Waals surface area contributed by atoms with E-state index in [1.807, 2.05) is 32.2 Å². The number of nitrogens with one attached hydrogen (secondary N) is 1. The molecule has 7 nitrogen and oxygen atoms in total. The van der Waals surface area contributed by atoms with Gasteiger partial charge in [-0.05, 0) is 36.8 Å². The normalized spacial score (nSPS) is 20.6. The third-order valence-electron chi connectivity index (χ3n) is 6.68. The summed E-state index contributed by atoms with van der Waals surface area (Å²) in [5.41, 5.74) is 13.0. The number of benzene rings is 1. The first-order chi connectivity index (χ1) is 16.1. The summed E-state index contributed by atoms with van der Waals surface area (Å²) in [5, 5.41) is 3.53. The van der Waals surface area contributed by atoms with Gasteiger partial charge in [0.25, 0.3) is 0 Å². The molecule has 2 saturated heterocycles. The monoisotopic (exact) mass is 443 g/mol. The quantitative estimate of drug-likeness (QED) is 0.646. The van der Waals surface area contributed by atoms with Crippen molar-refractivity contribution in [2.45, 2.75) is 39.3 Å². The van der Waals surface area contributed by atoms with Crippen molar-refractivity contribution in [1.29, 1.82) is 0 Å². The van der Waals surface area contributed by atoms with Crippen LogP contribution >= 0.6 is 0 Å². The Morgan fingerprint density at radius 1 is 1.03 bits per heavy atom. The van der Waals surface area contributed by atoms with E-state index in [0.717, 1.165) is 72.8 Å². The van der Waals surface area contributed by atoms with E-state index in [9.17, 15) is 0 Å². The molecule has 0 aliphatic carbocycles. The highest BCUT2D eigenvalue weighted by Crippen LogP contribution is 2.32. The van der Waals surface area contributed by atoms with Crippen molar-refractivity contribution < 1.29 is 0 Å². The predicted octanol–water partition coefficient (Wildman–Crippen LogP) is 3.35. The molecule has 3 N–H and O–H groups in total. The second-order valence-corrected chi connectivity index (χ2v) is 8.96. The fourth-order valence-electron chi connectivity index (χ4n) is 4.89. The molecule has 2 aromatic heterocycles. The van der Waals surface area contributed by atoms with Crippen molar-refractivity contribution in [3.8, 4) is 11.3 Å². The van der Waals surface area contributed by atoms with Gasteiger partial charge in [-0.1, -0.05) is 26.0 Å². The van der Waals surface area contributed by atoms with Gasteiger partial charge in [0.15, 0.2) is 0 Å². The molecule has 7 heteroatoms. The van der Waals surface area contributed by atoms with Crippen molar-refractivity contribution in [1.82, 2.24) is 20.2 Å². The molecule has 1 unspecified atom stereocenters. The Kier molecular flexibility index (Phi) is 6.00. The van der Waals surface area contributed by atoms with Gasteiger partial charge in [-0.2, -0.15) is 0 Å². The lowest BCUT2D eigenvalue weighted by Crippen LogP contribution is -2.64. The molecule has 0 saturated carbocycles. The number of rotatable bonds is 3. The summed E-state index contributed by atoms with van der Waals surface area (Å²) in [6.07, 6.45) is 2.71. The fourth-order valence-corrected chi connectivity index (χ4v) is 4.89. The fraction of sp³-hybridized carbons (Fsp3) is 0.423. The number of amidine groups is 1. The van der Waals surface area contributed by atoms with Crippen LogP contribution in [0.3, 0.4) is 0 Å². The lowest BCUT2D eigenvalue weighted by molar-refractivity contribution is 0.127. The molecule has 0 amide bonds. The van der Waals surface area contributed by atoms with Crippen molar-refractivity contribution in [2.24, 2.45) is 10.7 Å². The van der Waals surface area contributed by atoms with Crippen molar-refractivity contribution >= 4 is 28.2 Å². The van der Waals surface area contributed by atoms with Gasteiger partial charge in [0.05, 0.1) is 34.3 Å². The zero-order chi connectivity index (χ0) is 22.9. The van der Waals surface area contributed by atoms with E-state index in [2.05, 4.69) is 56.3 Å². The Hall–Kier alpha value is -3.03. The molecule has 0 bridgehead atoms. The highest BCUT2D eigenvalue weighted by Gasteiger charge is 2.33. The molecule has 6 rings (SSSR count). The summed E-state index contributed by atoms with van der Waals surface area (Å²) in [6, 6.07) is 13.8. The number of anilines is 1. The molecule has 0 radical (unpaired) electrons. The van der Waals surface area contributed by atoms with Crippen LogP contribution in [-0.2, 0) is 6.42 Å². The lowest BCUT2D eigenvalue weighted by Gasteiger charge is -2.48. The van der Waals surface area contributed by atoms with Gasteiger partial charge in [0.1, 0.15) is 5.84 Å². The van der Waals surface area contributed by atoms with E-state index in [1.54, 1.807) is 0 Å². The summed E-state index contributed by atoms with van der Waals surface area (Å²) in [4.78, 5) is 19.1. The number of aromatic nitrogens is 2. The molecule has 172 valence electrons. The molecule has 5 heterocycles. The van der Waals surface area contributed by atoms with Crippen LogP contribution in [-0.4, -0.2) is 65.5 Å². The Labute approximate surface area is 195 Å². The number of pyridine rings is 2. The van der Waals surface area contributed by atoms with Crippen LogP contribution in [0, 0.1) is 0 Å². The highest BCUT2D eigenvalue weighted by molar-refractivity contribution is 5.92. The average Bonchev–Trinajstić information content (AvgIpc) is 3.18. The van der Waals surface area contributed by atoms with Crippen LogP contribution in [0.15, 0.2) is 47.6 Å². The predicted molar refractivity (Wildman–Crippen MR) is 136 cm³/mol. The molecule has 2 fully saturated rings. The van der Waals surface area contributed by atoms with Gasteiger partial charge in [0.2, 0.25) is 0 Å². The van der Waals surface area contributed by atoms with Crippen LogP contribution < -0.4 is 16.0 Å². The molecular weight excluding hydrogens is 410 g/mol. The highest BCUT2D eigenvalue weighted by atomic mass is 15.3. The summed E-state index contributed by atoms with van der Waals surface area (Å²) in [7, 11) is 0. The molecule has 0 spiro atoms. The maximum Gasteiger partial charge on any atom is 0.104 e. The van der Waals surface area contributed by atoms with Gasteiger partial charge in [-0.15, -0.1) is 0 Å². The minimum absolute atomic E-state index is 0.578. The Bertz CT molecular complexity index is 1180. The Morgan fingerprint density at radius 3 is 2.70 bits per heavy atom. The van der Waals surface area contributed by atoms with E-state index >= 15 is 0 Å². The summed E-state index contributed by atoms with van der Waals surface area (Å²) in [6.45, 7) is 11.7. The molecule has 3 aliphatic heterocycles. The maximum absolute atomic E-state index is 5.89. The Morgan fingerprint density at radius 2 is 1.88 bits per heavy atom. The SMILES string of the molecule is CC.CC1CN(C2CN(c3cnc4ccc(-c5ccc6c(c5)N=C(N)C6)nc4c3)C2)CCN1. The topological polar surface area (TPSA) is 82.7 Å². The van der Waals surface area contributed by atoms with Crippen molar-refractivity contribution in [2.75, 3.05) is 37.6 Å². The summed E-state index contributed by atoms with van der Waals surface area (Å²) in [5.74, 6) is 0.676. The number of aliphatic imine (C=N–C) groups is 1. The maximum atomic E-state index is 5.89. The van der Waals surface area contributed by atoms with E-state index in [0.29, 0.717) is 17.9 Å². The first kappa shape index (κ1) is 21.8. The number of hydrogen-bond acceptors (Lipinski definition) is 7. The average molecular weight is 444 g/mol. The van der Waals surface area contributed by atoms with Crippen LogP contribution in [0.2, 0.25) is 0 Å². The smallest absolute Gasteiger partial charge is 0.104 e. The number of hydrogen-bond donors (Lipinski definition) is 2.